The number of halogens is 1. The topological polar surface area (TPSA) is 90.9 Å². The average molecular weight is 235 g/mol. The lowest BCUT2D eigenvalue weighted by Crippen LogP contribution is -2.30. The number of alkyl halides is 1. The van der Waals surface area contributed by atoms with E-state index in [1.165, 1.54) is 12.1 Å². The number of carbonyl (C=O) groups excluding carboxylic acids is 1. The van der Waals surface area contributed by atoms with E-state index in [0.717, 1.165) is 0 Å². The van der Waals surface area contributed by atoms with E-state index < -0.39 is 24.6 Å². The molecule has 84 valence electrons. The van der Waals surface area contributed by atoms with Gasteiger partial charge in [-0.25, -0.2) is 0 Å². The summed E-state index contributed by atoms with van der Waals surface area (Å²) in [6.45, 7) is -0.832. The number of Topliss-reactive ketones (excluding diaryl/α,β-unsaturated/α-hetero) is 1. The van der Waals surface area contributed by atoms with Gasteiger partial charge in [0, 0.05) is 0 Å². The predicted octanol–water partition coefficient (Wildman–Crippen LogP) is -0.0259. The molecule has 0 aliphatic carbocycles. The fraction of sp³-hybridized carbons (Fsp3) is 0.444. The van der Waals surface area contributed by atoms with Crippen LogP contribution in [0.3, 0.4) is 0 Å². The zero-order valence-electron chi connectivity index (χ0n) is 7.76. The molecule has 0 aliphatic rings. The molecule has 15 heavy (non-hydrogen) atoms. The van der Waals surface area contributed by atoms with Gasteiger partial charge in [-0.05, 0) is 12.1 Å². The summed E-state index contributed by atoms with van der Waals surface area (Å²) in [5, 5.41) is 27.2. The summed E-state index contributed by atoms with van der Waals surface area (Å²) in [6.07, 6.45) is -3.18. The van der Waals surface area contributed by atoms with Gasteiger partial charge < -0.3 is 19.7 Å². The van der Waals surface area contributed by atoms with Crippen LogP contribution in [0.5, 0.6) is 0 Å². The molecule has 0 aliphatic heterocycles. The summed E-state index contributed by atoms with van der Waals surface area (Å²) in [5.74, 6) is -0.267. The molecule has 0 bridgehead atoms. The number of rotatable bonds is 5. The molecule has 2 atom stereocenters. The van der Waals surface area contributed by atoms with Gasteiger partial charge in [-0.2, -0.15) is 0 Å². The molecular formula is C9H11ClO5. The summed E-state index contributed by atoms with van der Waals surface area (Å²) in [5.41, 5.74) is 0. The Balaban J connectivity index is 2.75. The molecule has 0 spiro atoms. The van der Waals surface area contributed by atoms with Crippen molar-refractivity contribution in [2.75, 3.05) is 6.61 Å². The highest BCUT2D eigenvalue weighted by Crippen LogP contribution is 2.21. The number of furan rings is 1. The monoisotopic (exact) mass is 234 g/mol. The molecule has 1 aromatic rings. The molecule has 0 aromatic carbocycles. The first-order valence-electron chi connectivity index (χ1n) is 4.24. The molecule has 1 heterocycles. The number of hydrogen-bond donors (Lipinski definition) is 3. The molecule has 3 N–H and O–H groups in total. The van der Waals surface area contributed by atoms with Crippen LogP contribution in [0.25, 0.3) is 0 Å². The van der Waals surface area contributed by atoms with Gasteiger partial charge in [0.15, 0.2) is 5.78 Å². The Bertz CT molecular complexity index is 335. The van der Waals surface area contributed by atoms with Crippen LogP contribution < -0.4 is 0 Å². The number of carbonyl (C=O) groups is 1. The van der Waals surface area contributed by atoms with Crippen molar-refractivity contribution < 1.29 is 24.5 Å². The Morgan fingerprint density at radius 2 is 2.13 bits per heavy atom. The van der Waals surface area contributed by atoms with E-state index in [1.807, 2.05) is 0 Å². The molecule has 1 aromatic heterocycles. The van der Waals surface area contributed by atoms with Crippen LogP contribution in [0.2, 0.25) is 0 Å². The molecule has 0 saturated carbocycles. The van der Waals surface area contributed by atoms with Gasteiger partial charge in [0.25, 0.3) is 0 Å². The largest absolute Gasteiger partial charge is 0.462 e. The second kappa shape index (κ2) is 5.27. The summed E-state index contributed by atoms with van der Waals surface area (Å²) in [6, 6.07) is 2.94. The van der Waals surface area contributed by atoms with Crippen molar-refractivity contribution in [1.82, 2.24) is 0 Å². The van der Waals surface area contributed by atoms with Crippen LogP contribution in [0.1, 0.15) is 17.6 Å². The van der Waals surface area contributed by atoms with Gasteiger partial charge in [0.05, 0.1) is 5.88 Å². The Morgan fingerprint density at radius 1 is 1.47 bits per heavy atom. The predicted molar refractivity (Wildman–Crippen MR) is 51.3 cm³/mol. The number of hydrogen-bond acceptors (Lipinski definition) is 5. The van der Waals surface area contributed by atoms with Gasteiger partial charge in [0.1, 0.15) is 30.3 Å². The van der Waals surface area contributed by atoms with Crippen LogP contribution in [-0.2, 0) is 10.7 Å². The highest BCUT2D eigenvalue weighted by atomic mass is 35.5. The minimum atomic E-state index is -1.69. The number of aliphatic hydroxyl groups is 3. The van der Waals surface area contributed by atoms with Crippen molar-refractivity contribution >= 4 is 17.4 Å². The van der Waals surface area contributed by atoms with Crippen molar-refractivity contribution in [3.63, 3.8) is 0 Å². The first-order chi connectivity index (χ1) is 7.10. The van der Waals surface area contributed by atoms with E-state index in [4.69, 9.17) is 21.1 Å². The second-order valence-corrected chi connectivity index (χ2v) is 3.22. The van der Waals surface area contributed by atoms with Crippen LogP contribution >= 0.6 is 11.6 Å². The lowest BCUT2D eigenvalue weighted by Gasteiger charge is -2.13. The highest BCUT2D eigenvalue weighted by Gasteiger charge is 2.27. The Hall–Kier alpha value is -0.880. The third-order valence-corrected chi connectivity index (χ3v) is 2.15. The molecule has 0 saturated heterocycles. The third-order valence-electron chi connectivity index (χ3n) is 1.89. The average Bonchev–Trinajstić information content (AvgIpc) is 2.74. The molecule has 2 unspecified atom stereocenters. The minimum absolute atomic E-state index is 0.0416. The first kappa shape index (κ1) is 12.2. The molecule has 0 amide bonds. The van der Waals surface area contributed by atoms with Crippen LogP contribution in [-0.4, -0.2) is 33.8 Å². The molecule has 6 heteroatoms. The van der Waals surface area contributed by atoms with Gasteiger partial charge in [-0.15, -0.1) is 11.6 Å². The highest BCUT2D eigenvalue weighted by molar-refractivity contribution is 6.16. The van der Waals surface area contributed by atoms with E-state index in [0.29, 0.717) is 5.76 Å². The first-order valence-corrected chi connectivity index (χ1v) is 4.78. The summed E-state index contributed by atoms with van der Waals surface area (Å²) in [4.78, 5) is 10.9. The van der Waals surface area contributed by atoms with E-state index in [1.54, 1.807) is 0 Å². The molecular weight excluding hydrogens is 224 g/mol. The fourth-order valence-electron chi connectivity index (χ4n) is 1.05. The lowest BCUT2D eigenvalue weighted by atomic mass is 10.1. The summed E-state index contributed by atoms with van der Waals surface area (Å²) >= 11 is 5.47. The zero-order chi connectivity index (χ0) is 11.4. The van der Waals surface area contributed by atoms with Crippen molar-refractivity contribution in [1.29, 1.82) is 0 Å². The Labute approximate surface area is 90.9 Å². The van der Waals surface area contributed by atoms with Gasteiger partial charge >= 0.3 is 0 Å². The maximum absolute atomic E-state index is 10.9. The van der Waals surface area contributed by atoms with E-state index in [2.05, 4.69) is 0 Å². The second-order valence-electron chi connectivity index (χ2n) is 2.95. The maximum Gasteiger partial charge on any atom is 0.189 e. The quantitative estimate of drug-likeness (QED) is 0.623. The standard InChI is InChI=1S/C9H11ClO5/c10-3-5-1-2-7(15-5)9(14)8(13)6(12)4-11/h1-2,8-9,11,13-14H,3-4H2. The van der Waals surface area contributed by atoms with Crippen molar-refractivity contribution in [3.8, 4) is 0 Å². The zero-order valence-corrected chi connectivity index (χ0v) is 8.52. The normalized spacial score (nSPS) is 14.9. The number of aliphatic hydroxyl groups excluding tert-OH is 3. The molecule has 0 radical (unpaired) electrons. The van der Waals surface area contributed by atoms with Gasteiger partial charge in [0.2, 0.25) is 0 Å². The Morgan fingerprint density at radius 3 is 2.60 bits per heavy atom. The van der Waals surface area contributed by atoms with Crippen LogP contribution in [0.4, 0.5) is 0 Å². The van der Waals surface area contributed by atoms with Crippen molar-refractivity contribution in [3.05, 3.63) is 23.7 Å². The smallest absolute Gasteiger partial charge is 0.189 e. The SMILES string of the molecule is O=C(CO)C(O)C(O)c1ccc(CCl)o1. The van der Waals surface area contributed by atoms with E-state index >= 15 is 0 Å². The maximum atomic E-state index is 10.9. The number of ketones is 1. The Kier molecular flexibility index (Phi) is 4.28. The van der Waals surface area contributed by atoms with Crippen molar-refractivity contribution in [2.24, 2.45) is 0 Å². The summed E-state index contributed by atoms with van der Waals surface area (Å²) < 4.78 is 5.03. The van der Waals surface area contributed by atoms with E-state index in [-0.39, 0.29) is 11.6 Å². The molecule has 5 nitrogen and oxygen atoms in total. The van der Waals surface area contributed by atoms with E-state index in [9.17, 15) is 15.0 Å². The fourth-order valence-corrected chi connectivity index (χ4v) is 1.19. The van der Waals surface area contributed by atoms with Crippen LogP contribution in [0, 0.1) is 0 Å². The summed E-state index contributed by atoms with van der Waals surface area (Å²) in [7, 11) is 0. The lowest BCUT2D eigenvalue weighted by molar-refractivity contribution is -0.136. The van der Waals surface area contributed by atoms with Gasteiger partial charge in [-0.1, -0.05) is 0 Å². The van der Waals surface area contributed by atoms with Crippen LogP contribution in [0.15, 0.2) is 16.5 Å². The van der Waals surface area contributed by atoms with Crippen molar-refractivity contribution in [2.45, 2.75) is 18.1 Å². The molecule has 1 rings (SSSR count). The minimum Gasteiger partial charge on any atom is -0.462 e. The molecule has 0 fully saturated rings. The third kappa shape index (κ3) is 2.79. The van der Waals surface area contributed by atoms with Gasteiger partial charge in [-0.3, -0.25) is 4.79 Å².